The Kier molecular flexibility index (Phi) is 5.62. The summed E-state index contributed by atoms with van der Waals surface area (Å²) in [5.41, 5.74) is 5.28. The predicted octanol–water partition coefficient (Wildman–Crippen LogP) is 1.26. The minimum atomic E-state index is -2.53. The van der Waals surface area contributed by atoms with Gasteiger partial charge in [-0.1, -0.05) is 0 Å². The molecule has 0 saturated carbocycles. The highest BCUT2D eigenvalue weighted by molar-refractivity contribution is 5.76. The topological polar surface area (TPSA) is 59.5 Å². The maximum atomic E-state index is 12.2. The fraction of sp³-hybridized carbons (Fsp3) is 0.545. The summed E-state index contributed by atoms with van der Waals surface area (Å²) >= 11 is 0. The van der Waals surface area contributed by atoms with E-state index in [9.17, 15) is 13.6 Å². The second-order valence-corrected chi connectivity index (χ2v) is 3.60. The molecule has 0 aliphatic carbocycles. The molecule has 1 aromatic rings. The van der Waals surface area contributed by atoms with Gasteiger partial charge in [0.2, 0.25) is 5.91 Å². The normalized spacial score (nSPS) is 10.8. The van der Waals surface area contributed by atoms with Crippen molar-refractivity contribution in [1.82, 2.24) is 4.90 Å². The molecule has 0 spiro atoms. The quantitative estimate of drug-likeness (QED) is 0.788. The molecule has 17 heavy (non-hydrogen) atoms. The maximum Gasteiger partial charge on any atom is 0.255 e. The number of rotatable bonds is 7. The van der Waals surface area contributed by atoms with Crippen LogP contribution in [0.5, 0.6) is 0 Å². The lowest BCUT2D eigenvalue weighted by atomic mass is 10.2. The van der Waals surface area contributed by atoms with Gasteiger partial charge in [0.25, 0.3) is 6.43 Å². The molecule has 0 saturated heterocycles. The monoisotopic (exact) mass is 246 g/mol. The van der Waals surface area contributed by atoms with E-state index in [0.29, 0.717) is 12.2 Å². The molecular formula is C11H16F2N2O2. The Balaban J connectivity index is 2.41. The lowest BCUT2D eigenvalue weighted by molar-refractivity contribution is -0.133. The molecule has 0 unspecified atom stereocenters. The first kappa shape index (κ1) is 13.6. The van der Waals surface area contributed by atoms with Crippen LogP contribution in [0.4, 0.5) is 8.78 Å². The van der Waals surface area contributed by atoms with E-state index in [0.717, 1.165) is 4.90 Å². The van der Waals surface area contributed by atoms with Crippen molar-refractivity contribution in [3.8, 4) is 0 Å². The number of carbonyl (C=O) groups excluding carboxylic acids is 1. The summed E-state index contributed by atoms with van der Waals surface area (Å²) in [6.07, 6.45) is -0.457. The maximum absolute atomic E-state index is 12.2. The zero-order valence-corrected chi connectivity index (χ0v) is 9.44. The third-order valence-corrected chi connectivity index (χ3v) is 2.28. The highest BCUT2D eigenvalue weighted by Crippen LogP contribution is 2.07. The van der Waals surface area contributed by atoms with Crippen LogP contribution in [0, 0.1) is 0 Å². The van der Waals surface area contributed by atoms with Gasteiger partial charge >= 0.3 is 0 Å². The van der Waals surface area contributed by atoms with E-state index < -0.39 is 13.0 Å². The van der Waals surface area contributed by atoms with E-state index in [1.54, 1.807) is 12.1 Å². The smallest absolute Gasteiger partial charge is 0.255 e. The minimum absolute atomic E-state index is 0.153. The van der Waals surface area contributed by atoms with Crippen LogP contribution in [0.1, 0.15) is 12.2 Å². The van der Waals surface area contributed by atoms with Crippen LogP contribution in [0.2, 0.25) is 0 Å². The number of hydrogen-bond donors (Lipinski definition) is 1. The SMILES string of the molecule is NCCN(CC(F)F)C(=O)CCc1ccco1. The number of carbonyl (C=O) groups is 1. The van der Waals surface area contributed by atoms with Crippen LogP contribution >= 0.6 is 0 Å². The Hall–Kier alpha value is -1.43. The number of nitrogens with zero attached hydrogens (tertiary/aromatic N) is 1. The Morgan fingerprint density at radius 1 is 1.53 bits per heavy atom. The fourth-order valence-corrected chi connectivity index (χ4v) is 1.48. The van der Waals surface area contributed by atoms with E-state index in [4.69, 9.17) is 10.2 Å². The fourth-order valence-electron chi connectivity index (χ4n) is 1.48. The summed E-state index contributed by atoms with van der Waals surface area (Å²) in [4.78, 5) is 12.8. The molecule has 0 radical (unpaired) electrons. The number of amides is 1. The molecule has 1 aromatic heterocycles. The number of aryl methyl sites for hydroxylation is 1. The van der Waals surface area contributed by atoms with Gasteiger partial charge in [0.1, 0.15) is 5.76 Å². The highest BCUT2D eigenvalue weighted by Gasteiger charge is 2.17. The molecule has 1 rings (SSSR count). The zero-order valence-electron chi connectivity index (χ0n) is 9.44. The van der Waals surface area contributed by atoms with Crippen molar-refractivity contribution in [2.45, 2.75) is 19.3 Å². The molecule has 0 bridgehead atoms. The van der Waals surface area contributed by atoms with Crippen molar-refractivity contribution in [1.29, 1.82) is 0 Å². The second-order valence-electron chi connectivity index (χ2n) is 3.60. The number of nitrogens with two attached hydrogens (primary N) is 1. The van der Waals surface area contributed by atoms with Crippen molar-refractivity contribution < 1.29 is 18.0 Å². The molecule has 1 amide bonds. The van der Waals surface area contributed by atoms with Crippen molar-refractivity contribution in [3.05, 3.63) is 24.2 Å². The van der Waals surface area contributed by atoms with Crippen LogP contribution in [0.3, 0.4) is 0 Å². The molecule has 0 atom stereocenters. The molecule has 0 aliphatic heterocycles. The Labute approximate surface area is 98.4 Å². The van der Waals surface area contributed by atoms with Gasteiger partial charge in [-0.15, -0.1) is 0 Å². The Bertz CT molecular complexity index is 328. The van der Waals surface area contributed by atoms with E-state index >= 15 is 0 Å². The van der Waals surface area contributed by atoms with E-state index in [1.807, 2.05) is 0 Å². The molecule has 96 valence electrons. The number of halogens is 2. The van der Waals surface area contributed by atoms with Crippen LogP contribution in [0.25, 0.3) is 0 Å². The van der Waals surface area contributed by atoms with E-state index in [1.165, 1.54) is 6.26 Å². The molecule has 0 aliphatic rings. The largest absolute Gasteiger partial charge is 0.469 e. The molecule has 6 heteroatoms. The number of hydrogen-bond acceptors (Lipinski definition) is 3. The first-order chi connectivity index (χ1) is 8.13. The van der Waals surface area contributed by atoms with Gasteiger partial charge in [-0.05, 0) is 12.1 Å². The third kappa shape index (κ3) is 4.95. The summed E-state index contributed by atoms with van der Waals surface area (Å²) in [7, 11) is 0. The first-order valence-electron chi connectivity index (χ1n) is 5.42. The third-order valence-electron chi connectivity index (χ3n) is 2.28. The second kappa shape index (κ2) is 7.01. The van der Waals surface area contributed by atoms with Gasteiger partial charge in [-0.3, -0.25) is 4.79 Å². The van der Waals surface area contributed by atoms with Crippen LogP contribution in [-0.4, -0.2) is 36.9 Å². The van der Waals surface area contributed by atoms with Gasteiger partial charge in [0.05, 0.1) is 12.8 Å². The average Bonchev–Trinajstić information content (AvgIpc) is 2.77. The van der Waals surface area contributed by atoms with Crippen molar-refractivity contribution in [2.75, 3.05) is 19.6 Å². The Morgan fingerprint density at radius 2 is 2.29 bits per heavy atom. The van der Waals surface area contributed by atoms with Gasteiger partial charge in [0.15, 0.2) is 0 Å². The molecule has 4 nitrogen and oxygen atoms in total. The van der Waals surface area contributed by atoms with Crippen molar-refractivity contribution in [2.24, 2.45) is 5.73 Å². The predicted molar refractivity (Wildman–Crippen MR) is 58.7 cm³/mol. The van der Waals surface area contributed by atoms with Gasteiger partial charge in [0, 0.05) is 25.9 Å². The lowest BCUT2D eigenvalue weighted by Crippen LogP contribution is -2.38. The van der Waals surface area contributed by atoms with Crippen LogP contribution < -0.4 is 5.73 Å². The Morgan fingerprint density at radius 3 is 2.82 bits per heavy atom. The minimum Gasteiger partial charge on any atom is -0.469 e. The standard InChI is InChI=1S/C11H16F2N2O2/c12-10(13)8-15(6-5-14)11(16)4-3-9-2-1-7-17-9/h1-2,7,10H,3-6,8,14H2. The van der Waals surface area contributed by atoms with E-state index in [2.05, 4.69) is 0 Å². The van der Waals surface area contributed by atoms with E-state index in [-0.39, 0.29) is 25.4 Å². The summed E-state index contributed by atoms with van der Waals surface area (Å²) in [5.74, 6) is 0.343. The molecule has 0 aromatic carbocycles. The number of furan rings is 1. The van der Waals surface area contributed by atoms with Crippen molar-refractivity contribution >= 4 is 5.91 Å². The van der Waals surface area contributed by atoms with Gasteiger partial charge in [-0.2, -0.15) is 0 Å². The van der Waals surface area contributed by atoms with Crippen LogP contribution in [0.15, 0.2) is 22.8 Å². The molecule has 2 N–H and O–H groups in total. The molecule has 1 heterocycles. The molecular weight excluding hydrogens is 230 g/mol. The zero-order chi connectivity index (χ0) is 12.7. The first-order valence-corrected chi connectivity index (χ1v) is 5.42. The lowest BCUT2D eigenvalue weighted by Gasteiger charge is -2.21. The molecule has 0 fully saturated rings. The summed E-state index contributed by atoms with van der Waals surface area (Å²) in [5, 5.41) is 0. The summed E-state index contributed by atoms with van der Waals surface area (Å²) in [6.45, 7) is -0.227. The summed E-state index contributed by atoms with van der Waals surface area (Å²) in [6, 6.07) is 3.46. The van der Waals surface area contributed by atoms with Crippen molar-refractivity contribution in [3.63, 3.8) is 0 Å². The number of alkyl halides is 2. The highest BCUT2D eigenvalue weighted by atomic mass is 19.3. The average molecular weight is 246 g/mol. The van der Waals surface area contributed by atoms with Gasteiger partial charge in [-0.25, -0.2) is 8.78 Å². The van der Waals surface area contributed by atoms with Gasteiger partial charge < -0.3 is 15.1 Å². The summed E-state index contributed by atoms with van der Waals surface area (Å²) < 4.78 is 29.5. The van der Waals surface area contributed by atoms with Crippen LogP contribution in [-0.2, 0) is 11.2 Å².